The molecule has 1 atom stereocenters. The number of nitrogens with one attached hydrogen (secondary N) is 1. The Bertz CT molecular complexity index is 550. The largest absolute Gasteiger partial charge is 0.333 e. The molecule has 0 aliphatic heterocycles. The van der Waals surface area contributed by atoms with Gasteiger partial charge in [-0.15, -0.1) is 11.3 Å². The highest BCUT2D eigenvalue weighted by atomic mass is 32.1. The number of thiazole rings is 1. The van der Waals surface area contributed by atoms with Crippen molar-refractivity contribution in [1.82, 2.24) is 19.9 Å². The van der Waals surface area contributed by atoms with E-state index < -0.39 is 0 Å². The van der Waals surface area contributed by atoms with Crippen molar-refractivity contribution in [1.29, 1.82) is 0 Å². The number of hydrogen-bond donors (Lipinski definition) is 1. The molecule has 0 saturated carbocycles. The van der Waals surface area contributed by atoms with Crippen molar-refractivity contribution in [3.05, 3.63) is 34.3 Å². The maximum atomic E-state index is 4.82. The minimum absolute atomic E-state index is 0.0940. The molecular formula is C15H24N4S. The Kier molecular flexibility index (Phi) is 4.60. The number of hydrogen-bond acceptors (Lipinski definition) is 4. The third kappa shape index (κ3) is 3.10. The number of rotatable bonds is 5. The van der Waals surface area contributed by atoms with Crippen LogP contribution in [0.15, 0.2) is 17.9 Å². The summed E-state index contributed by atoms with van der Waals surface area (Å²) in [5.74, 6) is 0. The van der Waals surface area contributed by atoms with E-state index in [-0.39, 0.29) is 11.5 Å². The molecule has 0 aromatic carbocycles. The van der Waals surface area contributed by atoms with E-state index in [4.69, 9.17) is 4.98 Å². The third-order valence-electron chi connectivity index (χ3n) is 3.33. The zero-order valence-corrected chi connectivity index (χ0v) is 13.8. The van der Waals surface area contributed by atoms with Crippen molar-refractivity contribution in [2.75, 3.05) is 7.05 Å². The highest BCUT2D eigenvalue weighted by Crippen LogP contribution is 2.29. The summed E-state index contributed by atoms with van der Waals surface area (Å²) in [5.41, 5.74) is 2.43. The van der Waals surface area contributed by atoms with Crippen LogP contribution >= 0.6 is 11.3 Å². The van der Waals surface area contributed by atoms with Gasteiger partial charge in [-0.3, -0.25) is 0 Å². The number of nitrogens with zero attached hydrogens (tertiary/aromatic N) is 3. The number of imidazole rings is 1. The molecule has 0 aliphatic rings. The van der Waals surface area contributed by atoms with Crippen molar-refractivity contribution in [3.8, 4) is 0 Å². The van der Waals surface area contributed by atoms with Crippen LogP contribution in [0.5, 0.6) is 0 Å². The molecule has 0 amide bonds. The van der Waals surface area contributed by atoms with Gasteiger partial charge in [-0.1, -0.05) is 27.7 Å². The topological polar surface area (TPSA) is 42.7 Å². The SMILES string of the molecule is CCCn1cncc1C(NC)c1nc(C(C)(C)C)cs1. The maximum Gasteiger partial charge on any atom is 0.116 e. The third-order valence-corrected chi connectivity index (χ3v) is 4.24. The van der Waals surface area contributed by atoms with E-state index in [1.807, 2.05) is 19.6 Å². The molecule has 2 rings (SSSR count). The molecule has 2 heterocycles. The molecule has 1 N–H and O–H groups in total. The molecule has 0 aliphatic carbocycles. The van der Waals surface area contributed by atoms with Gasteiger partial charge in [0.15, 0.2) is 0 Å². The van der Waals surface area contributed by atoms with E-state index in [0.29, 0.717) is 0 Å². The van der Waals surface area contributed by atoms with Gasteiger partial charge in [0, 0.05) is 17.3 Å². The normalized spacial score (nSPS) is 13.7. The summed E-state index contributed by atoms with van der Waals surface area (Å²) >= 11 is 1.72. The van der Waals surface area contributed by atoms with Gasteiger partial charge in [0.05, 0.1) is 23.9 Å². The van der Waals surface area contributed by atoms with E-state index in [9.17, 15) is 0 Å². The summed E-state index contributed by atoms with van der Waals surface area (Å²) in [7, 11) is 1.98. The van der Waals surface area contributed by atoms with Crippen molar-refractivity contribution in [2.45, 2.75) is 52.1 Å². The van der Waals surface area contributed by atoms with Crippen molar-refractivity contribution < 1.29 is 0 Å². The standard InChI is InChI=1S/C15H24N4S/c1-6-7-19-10-17-8-11(19)13(16-5)14-18-12(9-20-14)15(2,3)4/h8-10,13,16H,6-7H2,1-5H3. The lowest BCUT2D eigenvalue weighted by atomic mass is 9.93. The Hall–Kier alpha value is -1.20. The van der Waals surface area contributed by atoms with Crippen molar-refractivity contribution in [3.63, 3.8) is 0 Å². The molecule has 110 valence electrons. The van der Waals surface area contributed by atoms with Gasteiger partial charge in [-0.25, -0.2) is 9.97 Å². The Balaban J connectivity index is 2.32. The van der Waals surface area contributed by atoms with Gasteiger partial charge in [0.2, 0.25) is 0 Å². The zero-order chi connectivity index (χ0) is 14.8. The first-order chi connectivity index (χ1) is 9.47. The molecule has 0 bridgehead atoms. The minimum Gasteiger partial charge on any atom is -0.333 e. The molecular weight excluding hydrogens is 268 g/mol. The second-order valence-electron chi connectivity index (χ2n) is 6.05. The van der Waals surface area contributed by atoms with Crippen LogP contribution in [0.3, 0.4) is 0 Å². The first-order valence-corrected chi connectivity index (χ1v) is 7.98. The highest BCUT2D eigenvalue weighted by Gasteiger charge is 2.23. The molecule has 5 heteroatoms. The predicted octanol–water partition coefficient (Wildman–Crippen LogP) is 3.36. The fraction of sp³-hybridized carbons (Fsp3) is 0.600. The van der Waals surface area contributed by atoms with E-state index in [1.54, 1.807) is 11.3 Å². The van der Waals surface area contributed by atoms with Crippen LogP contribution in [0.2, 0.25) is 0 Å². The summed E-state index contributed by atoms with van der Waals surface area (Å²) in [6.07, 6.45) is 4.95. The summed E-state index contributed by atoms with van der Waals surface area (Å²) in [5, 5.41) is 6.65. The zero-order valence-electron chi connectivity index (χ0n) is 13.0. The van der Waals surface area contributed by atoms with Gasteiger partial charge in [0.1, 0.15) is 11.0 Å². The van der Waals surface area contributed by atoms with Crippen LogP contribution < -0.4 is 5.32 Å². The molecule has 1 unspecified atom stereocenters. The highest BCUT2D eigenvalue weighted by molar-refractivity contribution is 7.09. The second-order valence-corrected chi connectivity index (χ2v) is 6.94. The van der Waals surface area contributed by atoms with Gasteiger partial charge >= 0.3 is 0 Å². The lowest BCUT2D eigenvalue weighted by Gasteiger charge is -2.17. The van der Waals surface area contributed by atoms with Crippen LogP contribution in [-0.4, -0.2) is 21.6 Å². The quantitative estimate of drug-likeness (QED) is 0.919. The Morgan fingerprint density at radius 2 is 2.15 bits per heavy atom. The number of aromatic nitrogens is 3. The average Bonchev–Trinajstić information content (AvgIpc) is 3.00. The van der Waals surface area contributed by atoms with Crippen LogP contribution in [0.1, 0.15) is 56.6 Å². The number of aryl methyl sites for hydroxylation is 1. The Morgan fingerprint density at radius 3 is 2.70 bits per heavy atom. The smallest absolute Gasteiger partial charge is 0.116 e. The average molecular weight is 292 g/mol. The first kappa shape index (κ1) is 15.2. The summed E-state index contributed by atoms with van der Waals surface area (Å²) < 4.78 is 2.21. The maximum absolute atomic E-state index is 4.82. The molecule has 2 aromatic heterocycles. The summed E-state index contributed by atoms with van der Waals surface area (Å²) in [6, 6.07) is 0.116. The second kappa shape index (κ2) is 6.06. The van der Waals surface area contributed by atoms with Crippen molar-refractivity contribution >= 4 is 11.3 Å². The predicted molar refractivity (Wildman–Crippen MR) is 84.2 cm³/mol. The molecule has 0 spiro atoms. The Morgan fingerprint density at radius 1 is 1.40 bits per heavy atom. The van der Waals surface area contributed by atoms with Gasteiger partial charge in [0.25, 0.3) is 0 Å². The molecule has 0 fully saturated rings. The molecule has 0 radical (unpaired) electrons. The molecule has 4 nitrogen and oxygen atoms in total. The summed E-state index contributed by atoms with van der Waals surface area (Å²) in [6.45, 7) is 9.76. The monoisotopic (exact) mass is 292 g/mol. The van der Waals surface area contributed by atoms with Crippen LogP contribution in [0.4, 0.5) is 0 Å². The molecule has 0 saturated heterocycles. The van der Waals surface area contributed by atoms with E-state index in [2.05, 4.69) is 47.9 Å². The van der Waals surface area contributed by atoms with E-state index in [0.717, 1.165) is 23.7 Å². The lowest BCUT2D eigenvalue weighted by Crippen LogP contribution is -2.21. The van der Waals surface area contributed by atoms with Gasteiger partial charge in [-0.2, -0.15) is 0 Å². The first-order valence-electron chi connectivity index (χ1n) is 7.10. The van der Waals surface area contributed by atoms with Gasteiger partial charge in [-0.05, 0) is 13.5 Å². The van der Waals surface area contributed by atoms with E-state index in [1.165, 1.54) is 5.69 Å². The van der Waals surface area contributed by atoms with Crippen LogP contribution in [0, 0.1) is 0 Å². The Labute approximate surface area is 125 Å². The van der Waals surface area contributed by atoms with Crippen LogP contribution in [0.25, 0.3) is 0 Å². The van der Waals surface area contributed by atoms with E-state index >= 15 is 0 Å². The molecule has 2 aromatic rings. The summed E-state index contributed by atoms with van der Waals surface area (Å²) in [4.78, 5) is 9.12. The van der Waals surface area contributed by atoms with Gasteiger partial charge < -0.3 is 9.88 Å². The molecule has 20 heavy (non-hydrogen) atoms. The van der Waals surface area contributed by atoms with Crippen molar-refractivity contribution in [2.24, 2.45) is 0 Å². The fourth-order valence-electron chi connectivity index (χ4n) is 2.16. The fourth-order valence-corrected chi connectivity index (χ4v) is 3.33. The lowest BCUT2D eigenvalue weighted by molar-refractivity contribution is 0.555. The minimum atomic E-state index is 0.0940. The van der Waals surface area contributed by atoms with Crippen LogP contribution in [-0.2, 0) is 12.0 Å².